The number of benzene rings is 1. The van der Waals surface area contributed by atoms with Crippen molar-refractivity contribution in [1.29, 1.82) is 5.26 Å². The lowest BCUT2D eigenvalue weighted by Crippen LogP contribution is -2.40. The van der Waals surface area contributed by atoms with E-state index in [-0.39, 0.29) is 5.92 Å². The summed E-state index contributed by atoms with van der Waals surface area (Å²) in [6.45, 7) is 4.26. The number of hydrogen-bond acceptors (Lipinski definition) is 2. The standard InChI is InChI=1S/C17H23NO/c1-13-8-10-17(12-18,11-9-13)16(19)14(2)15-6-4-3-5-7-15/h3-7,13-14,16,19H,8-11H2,1-2H3. The fraction of sp³-hybridized carbons (Fsp3) is 0.588. The molecule has 0 aliphatic heterocycles. The molecule has 1 aromatic rings. The van der Waals surface area contributed by atoms with Gasteiger partial charge in [-0.1, -0.05) is 44.2 Å². The van der Waals surface area contributed by atoms with Gasteiger partial charge in [0, 0.05) is 5.92 Å². The molecule has 0 saturated heterocycles. The van der Waals surface area contributed by atoms with E-state index in [0.717, 1.165) is 31.2 Å². The molecule has 1 aliphatic rings. The van der Waals surface area contributed by atoms with Gasteiger partial charge in [-0.25, -0.2) is 0 Å². The Morgan fingerprint density at radius 1 is 1.26 bits per heavy atom. The van der Waals surface area contributed by atoms with Crippen molar-refractivity contribution in [2.24, 2.45) is 11.3 Å². The van der Waals surface area contributed by atoms with Gasteiger partial charge in [0.1, 0.15) is 0 Å². The van der Waals surface area contributed by atoms with E-state index >= 15 is 0 Å². The smallest absolute Gasteiger partial charge is 0.0838 e. The molecule has 2 atom stereocenters. The molecule has 1 N–H and O–H groups in total. The minimum atomic E-state index is -0.576. The molecule has 1 aromatic carbocycles. The zero-order chi connectivity index (χ0) is 13.9. The Morgan fingerprint density at radius 3 is 2.37 bits per heavy atom. The van der Waals surface area contributed by atoms with Crippen LogP contribution in [0, 0.1) is 22.7 Å². The number of aliphatic hydroxyl groups is 1. The molecule has 1 fully saturated rings. The first-order valence-corrected chi connectivity index (χ1v) is 7.23. The van der Waals surface area contributed by atoms with E-state index in [4.69, 9.17) is 0 Å². The predicted octanol–water partition coefficient (Wildman–Crippen LogP) is 3.87. The summed E-state index contributed by atoms with van der Waals surface area (Å²) in [6, 6.07) is 12.5. The van der Waals surface area contributed by atoms with Crippen LogP contribution < -0.4 is 0 Å². The zero-order valence-corrected chi connectivity index (χ0v) is 11.8. The summed E-state index contributed by atoms with van der Waals surface area (Å²) in [6.07, 6.45) is 3.16. The van der Waals surface area contributed by atoms with E-state index < -0.39 is 11.5 Å². The second-order valence-corrected chi connectivity index (χ2v) is 6.09. The van der Waals surface area contributed by atoms with Gasteiger partial charge in [0.05, 0.1) is 17.6 Å². The van der Waals surface area contributed by atoms with Crippen molar-refractivity contribution < 1.29 is 5.11 Å². The highest BCUT2D eigenvalue weighted by Gasteiger charge is 2.43. The first-order valence-electron chi connectivity index (χ1n) is 7.23. The second-order valence-electron chi connectivity index (χ2n) is 6.09. The molecule has 2 heteroatoms. The van der Waals surface area contributed by atoms with Gasteiger partial charge in [-0.15, -0.1) is 0 Å². The van der Waals surface area contributed by atoms with Crippen molar-refractivity contribution in [3.05, 3.63) is 35.9 Å². The van der Waals surface area contributed by atoms with E-state index in [1.165, 1.54) is 0 Å². The highest BCUT2D eigenvalue weighted by Crippen LogP contribution is 2.44. The van der Waals surface area contributed by atoms with Crippen molar-refractivity contribution in [3.8, 4) is 6.07 Å². The summed E-state index contributed by atoms with van der Waals surface area (Å²) in [5.74, 6) is 0.690. The quantitative estimate of drug-likeness (QED) is 0.893. The maximum atomic E-state index is 10.7. The molecule has 0 aromatic heterocycles. The fourth-order valence-electron chi connectivity index (χ4n) is 3.17. The first-order chi connectivity index (χ1) is 9.09. The van der Waals surface area contributed by atoms with Crippen LogP contribution in [0.5, 0.6) is 0 Å². The molecule has 0 bridgehead atoms. The Kier molecular flexibility index (Phi) is 4.27. The lowest BCUT2D eigenvalue weighted by atomic mass is 9.65. The average molecular weight is 257 g/mol. The van der Waals surface area contributed by atoms with Crippen molar-refractivity contribution in [3.63, 3.8) is 0 Å². The fourth-order valence-corrected chi connectivity index (χ4v) is 3.17. The van der Waals surface area contributed by atoms with Gasteiger partial charge in [-0.2, -0.15) is 5.26 Å². The summed E-state index contributed by atoms with van der Waals surface area (Å²) in [5.41, 5.74) is 0.560. The third-order valence-corrected chi connectivity index (χ3v) is 4.75. The van der Waals surface area contributed by atoms with Gasteiger partial charge in [-0.3, -0.25) is 0 Å². The third kappa shape index (κ3) is 2.82. The van der Waals surface area contributed by atoms with Crippen molar-refractivity contribution in [2.45, 2.75) is 51.6 Å². The predicted molar refractivity (Wildman–Crippen MR) is 76.5 cm³/mol. The van der Waals surface area contributed by atoms with Crippen LogP contribution in [-0.4, -0.2) is 11.2 Å². The molecule has 102 valence electrons. The normalized spacial score (nSPS) is 30.3. The SMILES string of the molecule is CC1CCC(C#N)(C(O)C(C)c2ccccc2)CC1. The van der Waals surface area contributed by atoms with Crippen LogP contribution in [0.1, 0.15) is 51.0 Å². The molecule has 1 aliphatic carbocycles. The number of nitrogens with zero attached hydrogens (tertiary/aromatic N) is 1. The van der Waals surface area contributed by atoms with E-state index in [1.54, 1.807) is 0 Å². The highest BCUT2D eigenvalue weighted by atomic mass is 16.3. The molecule has 0 spiro atoms. The largest absolute Gasteiger partial charge is 0.391 e. The third-order valence-electron chi connectivity index (χ3n) is 4.75. The summed E-state index contributed by atoms with van der Waals surface area (Å²) in [4.78, 5) is 0. The molecule has 2 nitrogen and oxygen atoms in total. The van der Waals surface area contributed by atoms with Crippen LogP contribution in [0.25, 0.3) is 0 Å². The van der Waals surface area contributed by atoms with Gasteiger partial charge in [-0.05, 0) is 37.2 Å². The van der Waals surface area contributed by atoms with Gasteiger partial charge in [0.2, 0.25) is 0 Å². The van der Waals surface area contributed by atoms with Crippen LogP contribution in [0.15, 0.2) is 30.3 Å². The molecule has 2 unspecified atom stereocenters. The van der Waals surface area contributed by atoms with Crippen LogP contribution in [0.2, 0.25) is 0 Å². The monoisotopic (exact) mass is 257 g/mol. The van der Waals surface area contributed by atoms with E-state index in [1.807, 2.05) is 37.3 Å². The summed E-state index contributed by atoms with van der Waals surface area (Å²) in [7, 11) is 0. The van der Waals surface area contributed by atoms with Crippen LogP contribution in [-0.2, 0) is 0 Å². The molecule has 0 radical (unpaired) electrons. The molecule has 0 heterocycles. The van der Waals surface area contributed by atoms with Crippen LogP contribution in [0.4, 0.5) is 0 Å². The molecule has 0 amide bonds. The molecule has 19 heavy (non-hydrogen) atoms. The average Bonchev–Trinajstić information content (AvgIpc) is 2.48. The van der Waals surface area contributed by atoms with Gasteiger partial charge in [0.15, 0.2) is 0 Å². The maximum absolute atomic E-state index is 10.7. The second kappa shape index (κ2) is 5.75. The topological polar surface area (TPSA) is 44.0 Å². The molecular weight excluding hydrogens is 234 g/mol. The Hall–Kier alpha value is -1.33. The van der Waals surface area contributed by atoms with Crippen molar-refractivity contribution in [1.82, 2.24) is 0 Å². The Bertz CT molecular complexity index is 440. The van der Waals surface area contributed by atoms with Crippen LogP contribution >= 0.6 is 0 Å². The van der Waals surface area contributed by atoms with Gasteiger partial charge in [0.25, 0.3) is 0 Å². The van der Waals surface area contributed by atoms with Gasteiger partial charge >= 0.3 is 0 Å². The Labute approximate surface area is 116 Å². The first kappa shape index (κ1) is 14.1. The molecule has 2 rings (SSSR count). The summed E-state index contributed by atoms with van der Waals surface area (Å²) < 4.78 is 0. The Morgan fingerprint density at radius 2 is 1.84 bits per heavy atom. The van der Waals surface area contributed by atoms with Crippen LogP contribution in [0.3, 0.4) is 0 Å². The lowest BCUT2D eigenvalue weighted by molar-refractivity contribution is 0.0121. The van der Waals surface area contributed by atoms with Crippen molar-refractivity contribution >= 4 is 0 Å². The van der Waals surface area contributed by atoms with Crippen molar-refractivity contribution in [2.75, 3.05) is 0 Å². The molecular formula is C17H23NO. The summed E-state index contributed by atoms with van der Waals surface area (Å²) >= 11 is 0. The van der Waals surface area contributed by atoms with E-state index in [0.29, 0.717) is 5.92 Å². The maximum Gasteiger partial charge on any atom is 0.0838 e. The zero-order valence-electron chi connectivity index (χ0n) is 11.8. The number of nitriles is 1. The van der Waals surface area contributed by atoms with E-state index in [9.17, 15) is 10.4 Å². The number of hydrogen-bond donors (Lipinski definition) is 1. The van der Waals surface area contributed by atoms with Gasteiger partial charge < -0.3 is 5.11 Å². The minimum Gasteiger partial charge on any atom is -0.391 e. The van der Waals surface area contributed by atoms with E-state index in [2.05, 4.69) is 13.0 Å². The highest BCUT2D eigenvalue weighted by molar-refractivity contribution is 5.22. The number of rotatable bonds is 3. The minimum absolute atomic E-state index is 0.00857. The summed E-state index contributed by atoms with van der Waals surface area (Å²) in [5, 5.41) is 20.3. The number of aliphatic hydroxyl groups excluding tert-OH is 1. The lowest BCUT2D eigenvalue weighted by Gasteiger charge is -2.39. The molecule has 1 saturated carbocycles. The Balaban J connectivity index is 2.17.